The molecular weight excluding hydrogens is 470 g/mol. The van der Waals surface area contributed by atoms with E-state index in [1.807, 2.05) is 18.2 Å². The summed E-state index contributed by atoms with van der Waals surface area (Å²) < 4.78 is 0.681. The molecule has 0 bridgehead atoms. The summed E-state index contributed by atoms with van der Waals surface area (Å²) in [5, 5.41) is 27.8. The van der Waals surface area contributed by atoms with E-state index in [1.165, 1.54) is 11.1 Å². The maximum Gasteiger partial charge on any atom is 0.305 e. The van der Waals surface area contributed by atoms with Gasteiger partial charge in [-0.3, -0.25) is 10.1 Å². The Balaban J connectivity index is 1.23. The van der Waals surface area contributed by atoms with E-state index in [0.29, 0.717) is 23.2 Å². The van der Waals surface area contributed by atoms with Crippen molar-refractivity contribution in [2.75, 3.05) is 13.1 Å². The molecule has 0 spiro atoms. The highest BCUT2D eigenvalue weighted by Gasteiger charge is 2.13. The Labute approximate surface area is 207 Å². The fourth-order valence-electron chi connectivity index (χ4n) is 3.95. The largest absolute Gasteiger partial charge is 0.506 e. The van der Waals surface area contributed by atoms with Gasteiger partial charge in [0, 0.05) is 24.5 Å². The number of benzene rings is 3. The predicted octanol–water partition coefficient (Wildman–Crippen LogP) is 3.97. The zero-order chi connectivity index (χ0) is 23.9. The minimum Gasteiger partial charge on any atom is -0.506 e. The highest BCUT2D eigenvalue weighted by Crippen LogP contribution is 2.28. The molecule has 8 heteroatoms. The molecule has 3 aromatic carbocycles. The van der Waals surface area contributed by atoms with Crippen LogP contribution in [-0.4, -0.2) is 34.5 Å². The molecule has 1 heterocycles. The number of aliphatic hydroxyl groups is 1. The molecule has 0 aliphatic heterocycles. The third kappa shape index (κ3) is 6.46. The number of H-pyrrole nitrogens is 1. The van der Waals surface area contributed by atoms with Gasteiger partial charge in [0.15, 0.2) is 0 Å². The average molecular weight is 498 g/mol. The van der Waals surface area contributed by atoms with Crippen LogP contribution >= 0.6 is 22.9 Å². The first-order valence-electron chi connectivity index (χ1n) is 11.3. The van der Waals surface area contributed by atoms with Gasteiger partial charge in [-0.15, -0.1) is 0 Å². The van der Waals surface area contributed by atoms with Crippen LogP contribution in [0.25, 0.3) is 10.2 Å². The molecule has 4 rings (SSSR count). The Morgan fingerprint density at radius 3 is 2.65 bits per heavy atom. The minimum absolute atomic E-state index is 0.0396. The van der Waals surface area contributed by atoms with Gasteiger partial charge in [-0.05, 0) is 53.8 Å². The number of phenolic OH excluding ortho intramolecular Hbond substituents is 1. The Kier molecular flexibility index (Phi) is 8.37. The lowest BCUT2D eigenvalue weighted by atomic mass is 10.1. The quantitative estimate of drug-likeness (QED) is 0.159. The van der Waals surface area contributed by atoms with Crippen molar-refractivity contribution in [3.05, 3.63) is 97.6 Å². The van der Waals surface area contributed by atoms with E-state index < -0.39 is 6.23 Å². The molecule has 1 aromatic heterocycles. The molecule has 0 aliphatic rings. The third-order valence-corrected chi connectivity index (χ3v) is 7.02. The lowest BCUT2D eigenvalue weighted by Crippen LogP contribution is -2.32. The normalized spacial score (nSPS) is 12.3. The first kappa shape index (κ1) is 24.4. The summed E-state index contributed by atoms with van der Waals surface area (Å²) in [5.41, 5.74) is 4.80. The van der Waals surface area contributed by atoms with Gasteiger partial charge in [-0.25, -0.2) is 0 Å². The average Bonchev–Trinajstić information content (AvgIpc) is 3.23. The molecule has 0 saturated carbocycles. The number of nitrogens with one attached hydrogen (secondary N) is 3. The SMILES string of the molecule is O=c1[nH]c2c(O)ccc(CC(O)NCCc3cccc(CNCCc4ccccc4Cl)c3)c2s1. The van der Waals surface area contributed by atoms with Gasteiger partial charge in [0.25, 0.3) is 0 Å². The van der Waals surface area contributed by atoms with E-state index in [4.69, 9.17) is 11.6 Å². The second-order valence-electron chi connectivity index (χ2n) is 8.22. The van der Waals surface area contributed by atoms with E-state index in [0.717, 1.165) is 53.4 Å². The van der Waals surface area contributed by atoms with Crippen molar-refractivity contribution in [1.29, 1.82) is 0 Å². The minimum atomic E-state index is -0.750. The van der Waals surface area contributed by atoms with E-state index in [1.54, 1.807) is 12.1 Å². The fraction of sp³-hybridized carbons (Fsp3) is 0.269. The Hall–Kier alpha value is -2.68. The van der Waals surface area contributed by atoms with Crippen molar-refractivity contribution < 1.29 is 10.2 Å². The molecule has 178 valence electrons. The second kappa shape index (κ2) is 11.6. The summed E-state index contributed by atoms with van der Waals surface area (Å²) in [7, 11) is 0. The number of phenols is 1. The number of rotatable bonds is 11. The molecule has 6 nitrogen and oxygen atoms in total. The lowest BCUT2D eigenvalue weighted by Gasteiger charge is -2.14. The van der Waals surface area contributed by atoms with E-state index in [2.05, 4.69) is 45.9 Å². The Bertz CT molecular complexity index is 1300. The van der Waals surface area contributed by atoms with E-state index in [-0.39, 0.29) is 10.6 Å². The van der Waals surface area contributed by atoms with Crippen LogP contribution in [0.1, 0.15) is 22.3 Å². The molecule has 0 amide bonds. The monoisotopic (exact) mass is 497 g/mol. The van der Waals surface area contributed by atoms with Crippen molar-refractivity contribution in [3.8, 4) is 5.75 Å². The smallest absolute Gasteiger partial charge is 0.305 e. The number of hydrogen-bond donors (Lipinski definition) is 5. The Morgan fingerprint density at radius 2 is 1.79 bits per heavy atom. The number of halogens is 1. The number of aromatic nitrogens is 1. The molecule has 0 radical (unpaired) electrons. The Morgan fingerprint density at radius 1 is 0.971 bits per heavy atom. The summed E-state index contributed by atoms with van der Waals surface area (Å²) in [4.78, 5) is 14.1. The van der Waals surface area contributed by atoms with Gasteiger partial charge in [0.1, 0.15) is 17.5 Å². The number of hydrogen-bond acceptors (Lipinski definition) is 6. The highest BCUT2D eigenvalue weighted by atomic mass is 35.5. The van der Waals surface area contributed by atoms with Crippen LogP contribution in [0.3, 0.4) is 0 Å². The fourth-order valence-corrected chi connectivity index (χ4v) is 5.06. The summed E-state index contributed by atoms with van der Waals surface area (Å²) in [6, 6.07) is 19.6. The van der Waals surface area contributed by atoms with Gasteiger partial charge in [0.2, 0.25) is 0 Å². The van der Waals surface area contributed by atoms with Crippen LogP contribution in [0.15, 0.2) is 65.5 Å². The van der Waals surface area contributed by atoms with Crippen molar-refractivity contribution in [3.63, 3.8) is 0 Å². The molecule has 1 unspecified atom stereocenters. The van der Waals surface area contributed by atoms with E-state index in [9.17, 15) is 15.0 Å². The molecular formula is C26H28ClN3O3S. The number of fused-ring (bicyclic) bond motifs is 1. The van der Waals surface area contributed by atoms with Crippen molar-refractivity contribution in [1.82, 2.24) is 15.6 Å². The van der Waals surface area contributed by atoms with Crippen LogP contribution in [0.5, 0.6) is 5.75 Å². The van der Waals surface area contributed by atoms with Gasteiger partial charge in [-0.2, -0.15) is 0 Å². The van der Waals surface area contributed by atoms with Crippen LogP contribution in [0.2, 0.25) is 5.02 Å². The molecule has 5 N–H and O–H groups in total. The molecule has 4 aromatic rings. The standard InChI is InChI=1S/C26H28ClN3O3S/c27-21-7-2-1-6-19(21)11-12-28-16-18-5-3-4-17(14-18)10-13-29-23(32)15-20-8-9-22(31)24-25(20)34-26(33)30-24/h1-9,14,23,28-29,31-32H,10-13,15-16H2,(H,30,33). The maximum atomic E-state index is 11.7. The molecule has 0 fully saturated rings. The van der Waals surface area contributed by atoms with Crippen LogP contribution < -0.4 is 15.5 Å². The van der Waals surface area contributed by atoms with Gasteiger partial charge in [-0.1, -0.05) is 71.5 Å². The molecule has 1 atom stereocenters. The number of thiazole rings is 1. The first-order valence-corrected chi connectivity index (χ1v) is 12.5. The second-order valence-corrected chi connectivity index (χ2v) is 9.62. The van der Waals surface area contributed by atoms with Gasteiger partial charge >= 0.3 is 4.87 Å². The van der Waals surface area contributed by atoms with Crippen molar-refractivity contribution in [2.45, 2.75) is 32.0 Å². The van der Waals surface area contributed by atoms with Gasteiger partial charge < -0.3 is 20.5 Å². The zero-order valence-electron chi connectivity index (χ0n) is 18.7. The first-order chi connectivity index (χ1) is 16.5. The number of aliphatic hydroxyl groups excluding tert-OH is 1. The summed E-state index contributed by atoms with van der Waals surface area (Å²) in [5.74, 6) is 0.0396. The van der Waals surface area contributed by atoms with Gasteiger partial charge in [0.05, 0.1) is 4.70 Å². The van der Waals surface area contributed by atoms with Crippen LogP contribution in [-0.2, 0) is 25.8 Å². The summed E-state index contributed by atoms with van der Waals surface area (Å²) in [6.45, 7) is 2.25. The van der Waals surface area contributed by atoms with Crippen LogP contribution in [0.4, 0.5) is 0 Å². The number of aromatic amines is 1. The highest BCUT2D eigenvalue weighted by molar-refractivity contribution is 7.16. The van der Waals surface area contributed by atoms with E-state index >= 15 is 0 Å². The van der Waals surface area contributed by atoms with Crippen molar-refractivity contribution >= 4 is 33.2 Å². The molecule has 0 saturated heterocycles. The maximum absolute atomic E-state index is 11.7. The van der Waals surface area contributed by atoms with Crippen molar-refractivity contribution in [2.24, 2.45) is 0 Å². The zero-order valence-corrected chi connectivity index (χ0v) is 20.3. The molecule has 34 heavy (non-hydrogen) atoms. The topological polar surface area (TPSA) is 97.4 Å². The number of aromatic hydroxyl groups is 1. The lowest BCUT2D eigenvalue weighted by molar-refractivity contribution is 0.138. The van der Waals surface area contributed by atoms with Crippen LogP contribution in [0, 0.1) is 0 Å². The summed E-state index contributed by atoms with van der Waals surface area (Å²) >= 11 is 7.26. The summed E-state index contributed by atoms with van der Waals surface area (Å²) in [6.07, 6.45) is 1.26. The third-order valence-electron chi connectivity index (χ3n) is 5.70. The molecule has 0 aliphatic carbocycles. The predicted molar refractivity (Wildman–Crippen MR) is 139 cm³/mol.